The van der Waals surface area contributed by atoms with E-state index in [9.17, 15) is 18.0 Å². The van der Waals surface area contributed by atoms with Crippen LogP contribution in [0.2, 0.25) is 0 Å². The molecule has 0 aliphatic rings. The molecule has 0 aliphatic carbocycles. The van der Waals surface area contributed by atoms with Crippen LogP contribution in [0, 0.1) is 5.82 Å². The number of carbonyl (C=O) groups excluding carboxylic acids is 1. The number of ether oxygens (including phenoxy) is 1. The highest BCUT2D eigenvalue weighted by Crippen LogP contribution is 2.22. The molecule has 0 aromatic heterocycles. The van der Waals surface area contributed by atoms with Crippen molar-refractivity contribution in [2.75, 3.05) is 5.32 Å². The molecule has 0 unspecified atom stereocenters. The Morgan fingerprint density at radius 1 is 1.22 bits per heavy atom. The van der Waals surface area contributed by atoms with Gasteiger partial charge in [-0.05, 0) is 30.3 Å². The average Bonchev–Trinajstić information content (AvgIpc) is 2.49. The first-order chi connectivity index (χ1) is 11.0. The van der Waals surface area contributed by atoms with Crippen molar-refractivity contribution in [1.82, 2.24) is 0 Å². The van der Waals surface area contributed by atoms with E-state index < -0.39 is 18.3 Å². The van der Waals surface area contributed by atoms with Gasteiger partial charge in [0.25, 0.3) is 0 Å². The molecular formula is C16H11BrF3NO2. The Morgan fingerprint density at radius 3 is 2.65 bits per heavy atom. The zero-order chi connectivity index (χ0) is 16.8. The van der Waals surface area contributed by atoms with Gasteiger partial charge in [0.1, 0.15) is 11.6 Å². The number of amides is 1. The highest BCUT2D eigenvalue weighted by atomic mass is 79.9. The second kappa shape index (κ2) is 7.82. The fraction of sp³-hybridized carbons (Fsp3) is 0.0625. The van der Waals surface area contributed by atoms with E-state index in [-0.39, 0.29) is 11.4 Å². The van der Waals surface area contributed by atoms with Crippen LogP contribution in [0.15, 0.2) is 53.0 Å². The zero-order valence-corrected chi connectivity index (χ0v) is 13.2. The Bertz CT molecular complexity index is 735. The summed E-state index contributed by atoms with van der Waals surface area (Å²) >= 11 is 3.11. The summed E-state index contributed by atoms with van der Waals surface area (Å²) in [6.45, 7) is -2.96. The Balaban J connectivity index is 2.09. The number of hydrogen-bond donors (Lipinski definition) is 1. The molecule has 0 fully saturated rings. The van der Waals surface area contributed by atoms with Gasteiger partial charge in [-0.3, -0.25) is 4.79 Å². The molecule has 0 aliphatic heterocycles. The SMILES string of the molecule is O=C(/C=C/c1ccccc1OC(F)F)Nc1ccc(Br)cc1F. The molecule has 7 heteroatoms. The number of benzene rings is 2. The van der Waals surface area contributed by atoms with Gasteiger partial charge in [0, 0.05) is 16.1 Å². The van der Waals surface area contributed by atoms with Crippen LogP contribution in [-0.4, -0.2) is 12.5 Å². The van der Waals surface area contributed by atoms with E-state index in [2.05, 4.69) is 26.0 Å². The second-order valence-corrected chi connectivity index (χ2v) is 5.28. The highest BCUT2D eigenvalue weighted by molar-refractivity contribution is 9.10. The van der Waals surface area contributed by atoms with Crippen molar-refractivity contribution in [2.45, 2.75) is 6.61 Å². The third-order valence-electron chi connectivity index (χ3n) is 2.74. The third-order valence-corrected chi connectivity index (χ3v) is 3.23. The molecule has 3 nitrogen and oxygen atoms in total. The summed E-state index contributed by atoms with van der Waals surface area (Å²) in [5, 5.41) is 2.36. The number of nitrogens with one attached hydrogen (secondary N) is 1. The molecule has 1 N–H and O–H groups in total. The van der Waals surface area contributed by atoms with Crippen molar-refractivity contribution < 1.29 is 22.7 Å². The largest absolute Gasteiger partial charge is 0.434 e. The number of alkyl halides is 2. The predicted octanol–water partition coefficient (Wildman–Crippen LogP) is 4.84. The Morgan fingerprint density at radius 2 is 1.96 bits per heavy atom. The number of carbonyl (C=O) groups is 1. The van der Waals surface area contributed by atoms with Gasteiger partial charge in [-0.2, -0.15) is 8.78 Å². The predicted molar refractivity (Wildman–Crippen MR) is 84.8 cm³/mol. The van der Waals surface area contributed by atoms with Crippen molar-refractivity contribution in [3.8, 4) is 5.75 Å². The van der Waals surface area contributed by atoms with Crippen LogP contribution in [0.1, 0.15) is 5.56 Å². The molecule has 23 heavy (non-hydrogen) atoms. The fourth-order valence-corrected chi connectivity index (χ4v) is 2.09. The van der Waals surface area contributed by atoms with Crippen LogP contribution in [0.25, 0.3) is 6.08 Å². The van der Waals surface area contributed by atoms with Crippen LogP contribution in [0.3, 0.4) is 0 Å². The van der Waals surface area contributed by atoms with Gasteiger partial charge in [0.05, 0.1) is 5.69 Å². The third kappa shape index (κ3) is 5.14. The second-order valence-electron chi connectivity index (χ2n) is 4.36. The van der Waals surface area contributed by atoms with Gasteiger partial charge < -0.3 is 10.1 Å². The molecule has 0 saturated carbocycles. The first-order valence-corrected chi connectivity index (χ1v) is 7.23. The molecule has 0 spiro atoms. The lowest BCUT2D eigenvalue weighted by Gasteiger charge is -2.07. The summed E-state index contributed by atoms with van der Waals surface area (Å²) in [4.78, 5) is 11.8. The summed E-state index contributed by atoms with van der Waals surface area (Å²) in [5.74, 6) is -1.25. The molecular weight excluding hydrogens is 375 g/mol. The van der Waals surface area contributed by atoms with Gasteiger partial charge in [-0.1, -0.05) is 34.1 Å². The minimum absolute atomic E-state index is 0.0139. The molecule has 0 bridgehead atoms. The van der Waals surface area contributed by atoms with Crippen LogP contribution in [0.4, 0.5) is 18.9 Å². The van der Waals surface area contributed by atoms with Crippen LogP contribution in [-0.2, 0) is 4.79 Å². The smallest absolute Gasteiger partial charge is 0.387 e. The molecule has 2 rings (SSSR count). The summed E-state index contributed by atoms with van der Waals surface area (Å²) in [6.07, 6.45) is 2.42. The van der Waals surface area contributed by atoms with E-state index in [0.717, 1.165) is 6.08 Å². The van der Waals surface area contributed by atoms with Crippen molar-refractivity contribution in [2.24, 2.45) is 0 Å². The monoisotopic (exact) mass is 385 g/mol. The van der Waals surface area contributed by atoms with Gasteiger partial charge >= 0.3 is 6.61 Å². The summed E-state index contributed by atoms with van der Waals surface area (Å²) < 4.78 is 43.1. The minimum atomic E-state index is -2.96. The Hall–Kier alpha value is -2.28. The maximum absolute atomic E-state index is 13.6. The average molecular weight is 386 g/mol. The lowest BCUT2D eigenvalue weighted by Crippen LogP contribution is -2.09. The minimum Gasteiger partial charge on any atom is -0.434 e. The molecule has 0 atom stereocenters. The molecule has 2 aromatic carbocycles. The Kier molecular flexibility index (Phi) is 5.81. The summed E-state index contributed by atoms with van der Waals surface area (Å²) in [5.41, 5.74) is 0.319. The van der Waals surface area contributed by atoms with Gasteiger partial charge in [-0.15, -0.1) is 0 Å². The molecule has 0 heterocycles. The highest BCUT2D eigenvalue weighted by Gasteiger charge is 2.08. The normalized spacial score (nSPS) is 11.0. The van der Waals surface area contributed by atoms with Gasteiger partial charge in [0.15, 0.2) is 0 Å². The summed E-state index contributed by atoms with van der Waals surface area (Å²) in [6, 6.07) is 10.2. The van der Waals surface area contributed by atoms with Crippen molar-refractivity contribution in [1.29, 1.82) is 0 Å². The summed E-state index contributed by atoms with van der Waals surface area (Å²) in [7, 11) is 0. The van der Waals surface area contributed by atoms with E-state index >= 15 is 0 Å². The van der Waals surface area contributed by atoms with Crippen molar-refractivity contribution in [3.63, 3.8) is 0 Å². The number of halogens is 4. The molecule has 1 amide bonds. The van der Waals surface area contributed by atoms with Crippen LogP contribution in [0.5, 0.6) is 5.75 Å². The zero-order valence-electron chi connectivity index (χ0n) is 11.6. The number of anilines is 1. The molecule has 0 saturated heterocycles. The van der Waals surface area contributed by atoms with Crippen molar-refractivity contribution in [3.05, 3.63) is 64.4 Å². The first kappa shape index (κ1) is 17.1. The van der Waals surface area contributed by atoms with E-state index in [0.29, 0.717) is 10.0 Å². The van der Waals surface area contributed by atoms with Crippen LogP contribution >= 0.6 is 15.9 Å². The molecule has 120 valence electrons. The number of para-hydroxylation sites is 1. The molecule has 2 aromatic rings. The molecule has 0 radical (unpaired) electrons. The van der Waals surface area contributed by atoms with E-state index in [4.69, 9.17) is 0 Å². The van der Waals surface area contributed by atoms with Gasteiger partial charge in [-0.25, -0.2) is 4.39 Å². The van der Waals surface area contributed by atoms with E-state index in [1.165, 1.54) is 36.4 Å². The Labute approximate surface area is 138 Å². The fourth-order valence-electron chi connectivity index (χ4n) is 1.75. The lowest BCUT2D eigenvalue weighted by molar-refractivity contribution is -0.111. The lowest BCUT2D eigenvalue weighted by atomic mass is 10.2. The maximum atomic E-state index is 13.6. The van der Waals surface area contributed by atoms with E-state index in [1.54, 1.807) is 12.1 Å². The quantitative estimate of drug-likeness (QED) is 0.747. The number of rotatable bonds is 5. The maximum Gasteiger partial charge on any atom is 0.387 e. The van der Waals surface area contributed by atoms with Gasteiger partial charge in [0.2, 0.25) is 5.91 Å². The standard InChI is InChI=1S/C16H11BrF3NO2/c17-11-6-7-13(12(18)9-11)21-15(22)8-5-10-3-1-2-4-14(10)23-16(19)20/h1-9,16H,(H,21,22)/b8-5+. The topological polar surface area (TPSA) is 38.3 Å². The van der Waals surface area contributed by atoms with Crippen LogP contribution < -0.4 is 10.1 Å². The van der Waals surface area contributed by atoms with E-state index in [1.807, 2.05) is 0 Å². The van der Waals surface area contributed by atoms with Crippen molar-refractivity contribution >= 4 is 33.6 Å². The number of hydrogen-bond acceptors (Lipinski definition) is 2. The first-order valence-electron chi connectivity index (χ1n) is 6.43.